The summed E-state index contributed by atoms with van der Waals surface area (Å²) in [5.74, 6) is 1.77. The van der Waals surface area contributed by atoms with Gasteiger partial charge in [0.1, 0.15) is 0 Å². The molecule has 0 spiro atoms. The van der Waals surface area contributed by atoms with Crippen LogP contribution in [0.5, 0.6) is 11.5 Å². The van der Waals surface area contributed by atoms with Crippen LogP contribution in [-0.4, -0.2) is 32.6 Å². The molecule has 3 radical (unpaired) electrons. The van der Waals surface area contributed by atoms with Gasteiger partial charge < -0.3 is 0 Å². The molecule has 1 aromatic rings. The van der Waals surface area contributed by atoms with Crippen LogP contribution >= 0.6 is 0 Å². The number of benzene rings is 1. The molecule has 0 N–H and O–H groups in total. The number of ether oxygens (including phenoxy) is 2. The van der Waals surface area contributed by atoms with E-state index in [4.69, 9.17) is 9.47 Å². The van der Waals surface area contributed by atoms with E-state index in [0.29, 0.717) is 6.79 Å². The summed E-state index contributed by atoms with van der Waals surface area (Å²) in [5.41, 5.74) is 0. The van der Waals surface area contributed by atoms with Crippen LogP contribution in [-0.2, 0) is 0 Å². The molecule has 10 heavy (non-hydrogen) atoms. The number of fused-ring (bicyclic) bond motifs is 1. The van der Waals surface area contributed by atoms with Crippen molar-refractivity contribution >= 4 is 28.9 Å². The monoisotopic (exact) mass is 329 g/mol. The van der Waals surface area contributed by atoms with Crippen LogP contribution in [0.4, 0.5) is 0 Å². The zero-order chi connectivity index (χ0) is 6.97. The van der Waals surface area contributed by atoms with Crippen molar-refractivity contribution in [2.75, 3.05) is 6.79 Å². The topological polar surface area (TPSA) is 18.5 Å². The predicted molar refractivity (Wildman–Crippen MR) is 38.0 cm³/mol. The van der Waals surface area contributed by atoms with Crippen molar-refractivity contribution < 1.29 is 9.47 Å². The van der Waals surface area contributed by atoms with Gasteiger partial charge in [0.25, 0.3) is 0 Å². The molecule has 1 aliphatic rings. The maximum atomic E-state index is 5.18. The molecule has 0 atom stereocenters. The normalized spacial score (nSPS) is 13.7. The Morgan fingerprint density at radius 2 is 2.00 bits per heavy atom. The van der Waals surface area contributed by atoms with Crippen molar-refractivity contribution in [3.8, 4) is 11.5 Å². The van der Waals surface area contributed by atoms with Crippen molar-refractivity contribution in [3.63, 3.8) is 0 Å². The van der Waals surface area contributed by atoms with Gasteiger partial charge in [-0.1, -0.05) is 0 Å². The van der Waals surface area contributed by atoms with Crippen molar-refractivity contribution in [3.05, 3.63) is 18.2 Å². The van der Waals surface area contributed by atoms with E-state index in [1.54, 1.807) is 0 Å². The second kappa shape index (κ2) is 2.41. The third-order valence-electron chi connectivity index (χ3n) is 1.37. The van der Waals surface area contributed by atoms with Crippen molar-refractivity contribution in [2.24, 2.45) is 0 Å². The van der Waals surface area contributed by atoms with E-state index in [0.717, 1.165) is 37.3 Å². The van der Waals surface area contributed by atoms with Gasteiger partial charge in [0, 0.05) is 0 Å². The standard InChI is InChI=1S/C7H5O2.Pb/c1-2-4-7-6(3-1)8-5-9-7;/h1,3-4H,5H2;. The van der Waals surface area contributed by atoms with Gasteiger partial charge in [-0.2, -0.15) is 0 Å². The van der Waals surface area contributed by atoms with Crippen LogP contribution in [0.2, 0.25) is 0 Å². The Morgan fingerprint density at radius 1 is 1.20 bits per heavy atom. The molecule has 0 bridgehead atoms. The number of rotatable bonds is 0. The molecule has 49 valence electrons. The first-order valence-corrected chi connectivity index (χ1v) is 4.92. The first kappa shape index (κ1) is 6.45. The summed E-state index contributed by atoms with van der Waals surface area (Å²) in [6, 6.07) is 6.07. The number of hydrogen-bond acceptors (Lipinski definition) is 2. The summed E-state index contributed by atoms with van der Waals surface area (Å²) in [6.07, 6.45) is 0. The van der Waals surface area contributed by atoms with Crippen molar-refractivity contribution in [1.29, 1.82) is 0 Å². The average Bonchev–Trinajstić information content (AvgIpc) is 2.33. The van der Waals surface area contributed by atoms with E-state index in [1.807, 2.05) is 12.1 Å². The molecule has 2 nitrogen and oxygen atoms in total. The van der Waals surface area contributed by atoms with Crippen LogP contribution in [0.3, 0.4) is 0 Å². The third kappa shape index (κ3) is 1.00. The first-order chi connectivity index (χ1) is 4.86. The molecule has 3 heteroatoms. The predicted octanol–water partition coefficient (Wildman–Crippen LogP) is 0.209. The molecule has 0 saturated heterocycles. The average molecular weight is 328 g/mol. The van der Waals surface area contributed by atoms with Crippen LogP contribution in [0.25, 0.3) is 0 Å². The van der Waals surface area contributed by atoms with Crippen molar-refractivity contribution in [1.82, 2.24) is 0 Å². The van der Waals surface area contributed by atoms with E-state index >= 15 is 0 Å². The molecule has 2 rings (SSSR count). The Balaban J connectivity index is 2.52. The van der Waals surface area contributed by atoms with E-state index in [2.05, 4.69) is 6.07 Å². The molecule has 1 heterocycles. The summed E-state index contributed by atoms with van der Waals surface area (Å²) in [5, 5.41) is 0. The van der Waals surface area contributed by atoms with Gasteiger partial charge in [-0.25, -0.2) is 0 Å². The summed E-state index contributed by atoms with van der Waals surface area (Å²) in [4.78, 5) is 0. The number of hydrogen-bond donors (Lipinski definition) is 0. The van der Waals surface area contributed by atoms with Crippen LogP contribution in [0, 0.1) is 0 Å². The molecular formula is C7H5O2Pb. The Morgan fingerprint density at radius 3 is 2.90 bits per heavy atom. The molecule has 0 amide bonds. The minimum absolute atomic E-state index is 0.375. The second-order valence-corrected chi connectivity index (χ2v) is 4.31. The van der Waals surface area contributed by atoms with E-state index in [-0.39, 0.29) is 0 Å². The summed E-state index contributed by atoms with van der Waals surface area (Å²) >= 11 is 1.07. The van der Waals surface area contributed by atoms with Gasteiger partial charge in [-0.3, -0.25) is 0 Å². The Labute approximate surface area is 74.8 Å². The molecule has 0 aliphatic carbocycles. The summed E-state index contributed by atoms with van der Waals surface area (Å²) in [7, 11) is 0. The van der Waals surface area contributed by atoms with Gasteiger partial charge in [0.05, 0.1) is 0 Å². The molecule has 0 saturated carbocycles. The van der Waals surface area contributed by atoms with Crippen molar-refractivity contribution in [2.45, 2.75) is 0 Å². The van der Waals surface area contributed by atoms with Gasteiger partial charge in [-0.05, 0) is 0 Å². The van der Waals surface area contributed by atoms with E-state index < -0.39 is 0 Å². The molecular weight excluding hydrogens is 323 g/mol. The third-order valence-corrected chi connectivity index (χ3v) is 2.58. The van der Waals surface area contributed by atoms with E-state index in [9.17, 15) is 0 Å². The molecule has 0 aromatic heterocycles. The Hall–Kier alpha value is -0.258. The Kier molecular flexibility index (Phi) is 1.56. The quantitative estimate of drug-likeness (QED) is 0.634. The van der Waals surface area contributed by atoms with Gasteiger partial charge in [-0.15, -0.1) is 0 Å². The summed E-state index contributed by atoms with van der Waals surface area (Å²) in [6.45, 7) is 0.375. The summed E-state index contributed by atoms with van der Waals surface area (Å²) < 4.78 is 11.7. The SMILES string of the molecule is [Pb][c]1ccc2c(c1)OCO2. The van der Waals surface area contributed by atoms with Gasteiger partial charge in [0.2, 0.25) is 0 Å². The van der Waals surface area contributed by atoms with Crippen LogP contribution in [0.15, 0.2) is 18.2 Å². The van der Waals surface area contributed by atoms with Crippen LogP contribution in [0.1, 0.15) is 0 Å². The molecule has 0 fully saturated rings. The Bertz CT molecular complexity index is 260. The second-order valence-electron chi connectivity index (χ2n) is 2.07. The fourth-order valence-corrected chi connectivity index (χ4v) is 1.73. The molecule has 1 aliphatic heterocycles. The van der Waals surface area contributed by atoms with Crippen LogP contribution < -0.4 is 12.6 Å². The zero-order valence-corrected chi connectivity index (χ0v) is 9.14. The first-order valence-electron chi connectivity index (χ1n) is 2.97. The van der Waals surface area contributed by atoms with Gasteiger partial charge >= 0.3 is 74.9 Å². The fraction of sp³-hybridized carbons (Fsp3) is 0.143. The fourth-order valence-electron chi connectivity index (χ4n) is 0.897. The zero-order valence-electron chi connectivity index (χ0n) is 5.26. The molecule has 0 unspecified atom stereocenters. The van der Waals surface area contributed by atoms with Gasteiger partial charge in [0.15, 0.2) is 0 Å². The maximum absolute atomic E-state index is 5.18. The minimum atomic E-state index is 0.375. The van der Waals surface area contributed by atoms with E-state index in [1.165, 1.54) is 3.12 Å². The molecule has 1 aromatic carbocycles.